The zero-order chi connectivity index (χ0) is 18.1. The number of ether oxygens (including phenoxy) is 3. The predicted octanol–water partition coefficient (Wildman–Crippen LogP) is 2.75. The third kappa shape index (κ3) is 2.86. The van der Waals surface area contributed by atoms with Gasteiger partial charge in [0, 0.05) is 12.1 Å². The summed E-state index contributed by atoms with van der Waals surface area (Å²) in [5.41, 5.74) is 2.24. The molecule has 8 heteroatoms. The van der Waals surface area contributed by atoms with Crippen LogP contribution in [0.3, 0.4) is 0 Å². The second kappa shape index (κ2) is 6.87. The Morgan fingerprint density at radius 2 is 2.08 bits per heavy atom. The minimum absolute atomic E-state index is 0.149. The van der Waals surface area contributed by atoms with Gasteiger partial charge < -0.3 is 14.2 Å². The van der Waals surface area contributed by atoms with Crippen molar-refractivity contribution in [1.82, 2.24) is 10.2 Å². The molecule has 7 nitrogen and oxygen atoms in total. The van der Waals surface area contributed by atoms with Gasteiger partial charge in [0.15, 0.2) is 17.3 Å². The van der Waals surface area contributed by atoms with Crippen LogP contribution in [-0.4, -0.2) is 42.8 Å². The van der Waals surface area contributed by atoms with Crippen molar-refractivity contribution in [1.29, 1.82) is 0 Å². The van der Waals surface area contributed by atoms with Gasteiger partial charge in [-0.3, -0.25) is 9.69 Å². The Morgan fingerprint density at radius 3 is 2.85 bits per heavy atom. The summed E-state index contributed by atoms with van der Waals surface area (Å²) in [6.45, 7) is 0.721. The molecule has 4 rings (SSSR count). The molecule has 1 aromatic heterocycles. The van der Waals surface area contributed by atoms with Crippen LogP contribution in [0.15, 0.2) is 29.5 Å². The van der Waals surface area contributed by atoms with E-state index in [9.17, 15) is 4.79 Å². The van der Waals surface area contributed by atoms with E-state index in [1.165, 1.54) is 18.0 Å². The van der Waals surface area contributed by atoms with Crippen molar-refractivity contribution >= 4 is 29.6 Å². The summed E-state index contributed by atoms with van der Waals surface area (Å²) < 4.78 is 15.9. The lowest BCUT2D eigenvalue weighted by molar-refractivity contribution is 0.0988. The van der Waals surface area contributed by atoms with E-state index in [1.54, 1.807) is 30.2 Å². The van der Waals surface area contributed by atoms with Gasteiger partial charge in [0.2, 0.25) is 6.79 Å². The third-order valence-corrected chi connectivity index (χ3v) is 4.92. The van der Waals surface area contributed by atoms with Crippen LogP contribution in [0.4, 0.5) is 5.82 Å². The average Bonchev–Trinajstić information content (AvgIpc) is 3.30. The van der Waals surface area contributed by atoms with E-state index in [4.69, 9.17) is 14.2 Å². The molecular weight excluding hydrogens is 354 g/mol. The third-order valence-electron chi connectivity index (χ3n) is 4.30. The molecule has 0 saturated heterocycles. The second-order valence-corrected chi connectivity index (χ2v) is 6.60. The smallest absolute Gasteiger partial charge is 0.260 e. The summed E-state index contributed by atoms with van der Waals surface area (Å²) in [4.78, 5) is 14.9. The van der Waals surface area contributed by atoms with Gasteiger partial charge in [0.25, 0.3) is 5.91 Å². The van der Waals surface area contributed by atoms with E-state index in [2.05, 4.69) is 10.2 Å². The summed E-state index contributed by atoms with van der Waals surface area (Å²) >= 11 is 1.54. The first-order valence-corrected chi connectivity index (χ1v) is 9.29. The Balaban J connectivity index is 1.72. The monoisotopic (exact) mass is 371 g/mol. The number of carbonyl (C=O) groups is 1. The maximum Gasteiger partial charge on any atom is 0.260 e. The SMILES string of the molecule is CO/C=C/c1cc2c(cc1C(=O)N1CCc3cc(SC)nnc31)OCO2. The summed E-state index contributed by atoms with van der Waals surface area (Å²) in [6, 6.07) is 5.48. The standard InChI is InChI=1S/C18H17N3O4S/c1-23-6-4-11-7-14-15(25-10-24-14)9-13(11)18(22)21-5-3-12-8-16(26-2)19-20-17(12)21/h4,6-9H,3,5,10H2,1-2H3/b6-4+. The molecule has 0 saturated carbocycles. The lowest BCUT2D eigenvalue weighted by Crippen LogP contribution is -2.30. The van der Waals surface area contributed by atoms with E-state index in [0.717, 1.165) is 17.0 Å². The van der Waals surface area contributed by atoms with Crippen molar-refractivity contribution in [3.63, 3.8) is 0 Å². The normalized spacial score (nSPS) is 14.8. The van der Waals surface area contributed by atoms with Crippen LogP contribution in [0.2, 0.25) is 0 Å². The fourth-order valence-corrected chi connectivity index (χ4v) is 3.40. The summed E-state index contributed by atoms with van der Waals surface area (Å²) in [7, 11) is 1.56. The Labute approximate surface area is 154 Å². The number of carbonyl (C=O) groups excluding carboxylic acids is 1. The van der Waals surface area contributed by atoms with Crippen molar-refractivity contribution in [2.45, 2.75) is 11.4 Å². The summed E-state index contributed by atoms with van der Waals surface area (Å²) in [5.74, 6) is 1.64. The number of aromatic nitrogens is 2. The molecule has 1 amide bonds. The fraction of sp³-hybridized carbons (Fsp3) is 0.278. The van der Waals surface area contributed by atoms with Crippen LogP contribution in [0.1, 0.15) is 21.5 Å². The summed E-state index contributed by atoms with van der Waals surface area (Å²) in [6.07, 6.45) is 5.97. The van der Waals surface area contributed by atoms with Crippen LogP contribution in [0.25, 0.3) is 6.08 Å². The number of anilines is 1. The van der Waals surface area contributed by atoms with Gasteiger partial charge in [-0.15, -0.1) is 22.0 Å². The average molecular weight is 371 g/mol. The van der Waals surface area contributed by atoms with Gasteiger partial charge in [-0.25, -0.2) is 0 Å². The quantitative estimate of drug-likeness (QED) is 0.604. The lowest BCUT2D eigenvalue weighted by Gasteiger charge is -2.17. The molecule has 134 valence electrons. The highest BCUT2D eigenvalue weighted by Gasteiger charge is 2.30. The Bertz CT molecular complexity index is 900. The van der Waals surface area contributed by atoms with Gasteiger partial charge in [0.1, 0.15) is 5.03 Å². The number of rotatable bonds is 4. The number of benzene rings is 1. The minimum Gasteiger partial charge on any atom is -0.504 e. The molecule has 3 heterocycles. The summed E-state index contributed by atoms with van der Waals surface area (Å²) in [5, 5.41) is 9.28. The molecule has 0 fully saturated rings. The van der Waals surface area contributed by atoms with Crippen molar-refractivity contribution in [3.8, 4) is 11.5 Å². The maximum absolute atomic E-state index is 13.2. The molecule has 2 aliphatic rings. The van der Waals surface area contributed by atoms with Crippen molar-refractivity contribution in [2.75, 3.05) is 31.6 Å². The van der Waals surface area contributed by atoms with E-state index in [1.807, 2.05) is 12.3 Å². The van der Waals surface area contributed by atoms with Crippen LogP contribution < -0.4 is 14.4 Å². The lowest BCUT2D eigenvalue weighted by atomic mass is 10.0. The first kappa shape index (κ1) is 16.7. The minimum atomic E-state index is -0.149. The van der Waals surface area contributed by atoms with E-state index < -0.39 is 0 Å². The number of hydrogen-bond donors (Lipinski definition) is 0. The van der Waals surface area contributed by atoms with Crippen LogP contribution >= 0.6 is 11.8 Å². The highest BCUT2D eigenvalue weighted by atomic mass is 32.2. The van der Waals surface area contributed by atoms with Crippen molar-refractivity contribution < 1.29 is 19.0 Å². The van der Waals surface area contributed by atoms with E-state index in [0.29, 0.717) is 35.0 Å². The first-order valence-electron chi connectivity index (χ1n) is 8.06. The predicted molar refractivity (Wildman–Crippen MR) is 97.8 cm³/mol. The largest absolute Gasteiger partial charge is 0.504 e. The topological polar surface area (TPSA) is 73.8 Å². The molecule has 0 spiro atoms. The molecular formula is C18H17N3O4S. The molecule has 2 aromatic rings. The van der Waals surface area contributed by atoms with Crippen LogP contribution in [-0.2, 0) is 11.2 Å². The number of methoxy groups -OCH3 is 1. The highest BCUT2D eigenvalue weighted by Crippen LogP contribution is 2.37. The number of hydrogen-bond acceptors (Lipinski definition) is 7. The molecule has 26 heavy (non-hydrogen) atoms. The molecule has 0 unspecified atom stereocenters. The van der Waals surface area contributed by atoms with Gasteiger partial charge in [-0.05, 0) is 42.5 Å². The molecule has 2 aliphatic heterocycles. The van der Waals surface area contributed by atoms with E-state index >= 15 is 0 Å². The molecule has 1 aromatic carbocycles. The number of thioether (sulfide) groups is 1. The van der Waals surface area contributed by atoms with Gasteiger partial charge in [0.05, 0.1) is 18.9 Å². The second-order valence-electron chi connectivity index (χ2n) is 5.77. The zero-order valence-corrected chi connectivity index (χ0v) is 15.2. The first-order chi connectivity index (χ1) is 12.7. The van der Waals surface area contributed by atoms with Gasteiger partial charge in [-0.1, -0.05) is 0 Å². The van der Waals surface area contributed by atoms with Gasteiger partial charge >= 0.3 is 0 Å². The number of nitrogens with zero attached hydrogens (tertiary/aromatic N) is 3. The number of fused-ring (bicyclic) bond motifs is 2. The zero-order valence-electron chi connectivity index (χ0n) is 14.4. The highest BCUT2D eigenvalue weighted by molar-refractivity contribution is 7.98. The van der Waals surface area contributed by atoms with Crippen LogP contribution in [0.5, 0.6) is 11.5 Å². The number of amides is 1. The fourth-order valence-electron chi connectivity index (χ4n) is 3.02. The molecule has 0 aliphatic carbocycles. The van der Waals surface area contributed by atoms with Crippen LogP contribution in [0, 0.1) is 0 Å². The molecule has 0 bridgehead atoms. The van der Waals surface area contributed by atoms with Gasteiger partial charge in [-0.2, -0.15) is 0 Å². The molecule has 0 radical (unpaired) electrons. The maximum atomic E-state index is 13.2. The Kier molecular flexibility index (Phi) is 4.42. The molecule has 0 N–H and O–H groups in total. The Hall–Kier alpha value is -2.74. The van der Waals surface area contributed by atoms with E-state index in [-0.39, 0.29) is 12.7 Å². The van der Waals surface area contributed by atoms with Crippen molar-refractivity contribution in [2.24, 2.45) is 0 Å². The molecule has 0 atom stereocenters. The Morgan fingerprint density at radius 1 is 1.27 bits per heavy atom. The van der Waals surface area contributed by atoms with Crippen molar-refractivity contribution in [3.05, 3.63) is 41.2 Å².